The Morgan fingerprint density at radius 3 is 2.45 bits per heavy atom. The van der Waals surface area contributed by atoms with E-state index in [9.17, 15) is 9.90 Å². The van der Waals surface area contributed by atoms with Gasteiger partial charge >= 0.3 is 5.97 Å². The van der Waals surface area contributed by atoms with Crippen LogP contribution in [0.3, 0.4) is 0 Å². The molecule has 0 aliphatic heterocycles. The van der Waals surface area contributed by atoms with Crippen molar-refractivity contribution in [1.82, 2.24) is 0 Å². The van der Waals surface area contributed by atoms with Gasteiger partial charge in [0.15, 0.2) is 6.04 Å². The van der Waals surface area contributed by atoms with Crippen molar-refractivity contribution in [2.24, 2.45) is 0 Å². The average molecular weight is 271 g/mol. The van der Waals surface area contributed by atoms with Crippen LogP contribution in [0, 0.1) is 0 Å². The SMILES string of the molecule is COc1cccc(C(C(=O)O)N(C)c2ccccc2)c1. The zero-order valence-electron chi connectivity index (χ0n) is 11.5. The Labute approximate surface area is 118 Å². The summed E-state index contributed by atoms with van der Waals surface area (Å²) in [5.74, 6) is -0.250. The summed E-state index contributed by atoms with van der Waals surface area (Å²) >= 11 is 0. The number of likely N-dealkylation sites (N-methyl/N-ethyl adjacent to an activating group) is 1. The van der Waals surface area contributed by atoms with E-state index in [0.29, 0.717) is 11.3 Å². The van der Waals surface area contributed by atoms with Gasteiger partial charge in [-0.1, -0.05) is 30.3 Å². The Morgan fingerprint density at radius 1 is 1.15 bits per heavy atom. The molecule has 20 heavy (non-hydrogen) atoms. The maximum atomic E-state index is 11.6. The molecule has 0 fully saturated rings. The number of rotatable bonds is 5. The topological polar surface area (TPSA) is 49.8 Å². The number of anilines is 1. The largest absolute Gasteiger partial charge is 0.497 e. The first-order chi connectivity index (χ1) is 9.63. The lowest BCUT2D eigenvalue weighted by molar-refractivity contribution is -0.138. The lowest BCUT2D eigenvalue weighted by Gasteiger charge is -2.27. The fourth-order valence-corrected chi connectivity index (χ4v) is 2.16. The number of aliphatic carboxylic acids is 1. The maximum absolute atomic E-state index is 11.6. The minimum atomic E-state index is -0.899. The van der Waals surface area contributed by atoms with Crippen molar-refractivity contribution in [3.05, 3.63) is 60.2 Å². The lowest BCUT2D eigenvalue weighted by Crippen LogP contribution is -2.30. The Balaban J connectivity index is 2.38. The third-order valence-electron chi connectivity index (χ3n) is 3.19. The molecule has 104 valence electrons. The van der Waals surface area contributed by atoms with Gasteiger partial charge in [-0.15, -0.1) is 0 Å². The molecule has 0 amide bonds. The van der Waals surface area contributed by atoms with Gasteiger partial charge in [0.2, 0.25) is 0 Å². The maximum Gasteiger partial charge on any atom is 0.331 e. The normalized spacial score (nSPS) is 11.7. The van der Waals surface area contributed by atoms with E-state index in [1.54, 1.807) is 43.3 Å². The number of benzene rings is 2. The second kappa shape index (κ2) is 6.10. The van der Waals surface area contributed by atoms with Crippen LogP contribution in [0.25, 0.3) is 0 Å². The van der Waals surface area contributed by atoms with Crippen LogP contribution in [0.15, 0.2) is 54.6 Å². The molecule has 2 aromatic carbocycles. The quantitative estimate of drug-likeness (QED) is 0.908. The van der Waals surface area contributed by atoms with Crippen LogP contribution < -0.4 is 9.64 Å². The molecule has 2 aromatic rings. The molecular formula is C16H17NO3. The van der Waals surface area contributed by atoms with Crippen LogP contribution in [-0.4, -0.2) is 25.2 Å². The predicted octanol–water partition coefficient (Wildman–Crippen LogP) is 2.96. The van der Waals surface area contributed by atoms with E-state index >= 15 is 0 Å². The Hall–Kier alpha value is -2.49. The van der Waals surface area contributed by atoms with Crippen LogP contribution in [0.1, 0.15) is 11.6 Å². The highest BCUT2D eigenvalue weighted by molar-refractivity contribution is 5.80. The number of ether oxygens (including phenoxy) is 1. The number of hydrogen-bond acceptors (Lipinski definition) is 3. The van der Waals surface area contributed by atoms with Gasteiger partial charge in [-0.3, -0.25) is 0 Å². The molecule has 1 unspecified atom stereocenters. The molecule has 0 radical (unpaired) electrons. The van der Waals surface area contributed by atoms with E-state index in [-0.39, 0.29) is 0 Å². The van der Waals surface area contributed by atoms with E-state index < -0.39 is 12.0 Å². The molecule has 0 saturated carbocycles. The van der Waals surface area contributed by atoms with Crippen LogP contribution in [0.4, 0.5) is 5.69 Å². The monoisotopic (exact) mass is 271 g/mol. The number of para-hydroxylation sites is 1. The summed E-state index contributed by atoms with van der Waals surface area (Å²) in [5.41, 5.74) is 1.53. The summed E-state index contributed by atoms with van der Waals surface area (Å²) in [6, 6.07) is 15.8. The van der Waals surface area contributed by atoms with Crippen LogP contribution >= 0.6 is 0 Å². The van der Waals surface area contributed by atoms with E-state index in [1.807, 2.05) is 30.3 Å². The first-order valence-electron chi connectivity index (χ1n) is 6.28. The highest BCUT2D eigenvalue weighted by atomic mass is 16.5. The summed E-state index contributed by atoms with van der Waals surface area (Å²) in [4.78, 5) is 13.4. The van der Waals surface area contributed by atoms with Crippen LogP contribution in [0.2, 0.25) is 0 Å². The van der Waals surface area contributed by atoms with Gasteiger partial charge < -0.3 is 14.7 Å². The number of hydrogen-bond donors (Lipinski definition) is 1. The predicted molar refractivity (Wildman–Crippen MR) is 78.2 cm³/mol. The molecule has 0 spiro atoms. The minimum Gasteiger partial charge on any atom is -0.497 e. The number of nitrogens with zero attached hydrogens (tertiary/aromatic N) is 1. The van der Waals surface area contributed by atoms with Crippen LogP contribution in [0.5, 0.6) is 5.75 Å². The van der Waals surface area contributed by atoms with Gasteiger partial charge in [0.05, 0.1) is 7.11 Å². The van der Waals surface area contributed by atoms with Crippen molar-refractivity contribution in [2.75, 3.05) is 19.1 Å². The third kappa shape index (κ3) is 2.91. The second-order valence-electron chi connectivity index (χ2n) is 4.46. The van der Waals surface area contributed by atoms with E-state index in [4.69, 9.17) is 4.74 Å². The Morgan fingerprint density at radius 2 is 1.85 bits per heavy atom. The van der Waals surface area contributed by atoms with Crippen molar-refractivity contribution in [2.45, 2.75) is 6.04 Å². The zero-order valence-corrected chi connectivity index (χ0v) is 11.5. The highest BCUT2D eigenvalue weighted by Gasteiger charge is 2.25. The highest BCUT2D eigenvalue weighted by Crippen LogP contribution is 2.27. The molecular weight excluding hydrogens is 254 g/mol. The Kier molecular flexibility index (Phi) is 4.25. The first kappa shape index (κ1) is 13.9. The summed E-state index contributed by atoms with van der Waals surface area (Å²) in [5, 5.41) is 9.54. The zero-order chi connectivity index (χ0) is 14.5. The molecule has 0 aliphatic carbocycles. The van der Waals surface area contributed by atoms with Crippen LogP contribution in [-0.2, 0) is 4.79 Å². The molecule has 2 rings (SSSR count). The van der Waals surface area contributed by atoms with Gasteiger partial charge in [0.25, 0.3) is 0 Å². The molecule has 1 atom stereocenters. The number of methoxy groups -OCH3 is 1. The summed E-state index contributed by atoms with van der Waals surface area (Å²) in [7, 11) is 3.34. The molecule has 4 nitrogen and oxygen atoms in total. The minimum absolute atomic E-state index is 0.648. The van der Waals surface area contributed by atoms with E-state index in [2.05, 4.69) is 0 Å². The van der Waals surface area contributed by atoms with Crippen molar-refractivity contribution in [1.29, 1.82) is 0 Å². The first-order valence-corrected chi connectivity index (χ1v) is 6.28. The molecule has 4 heteroatoms. The fraction of sp³-hybridized carbons (Fsp3) is 0.188. The molecule has 0 aromatic heterocycles. The molecule has 0 heterocycles. The molecule has 0 aliphatic rings. The van der Waals surface area contributed by atoms with E-state index in [0.717, 1.165) is 5.69 Å². The van der Waals surface area contributed by atoms with Gasteiger partial charge in [-0.25, -0.2) is 4.79 Å². The van der Waals surface area contributed by atoms with Crippen molar-refractivity contribution >= 4 is 11.7 Å². The van der Waals surface area contributed by atoms with Gasteiger partial charge in [-0.05, 0) is 29.8 Å². The Bertz CT molecular complexity index is 583. The lowest BCUT2D eigenvalue weighted by atomic mass is 10.0. The summed E-state index contributed by atoms with van der Waals surface area (Å²) < 4.78 is 5.16. The van der Waals surface area contributed by atoms with Gasteiger partial charge in [0, 0.05) is 12.7 Å². The van der Waals surface area contributed by atoms with Crippen molar-refractivity contribution in [3.63, 3.8) is 0 Å². The number of carboxylic acids is 1. The van der Waals surface area contributed by atoms with Gasteiger partial charge in [0.1, 0.15) is 5.75 Å². The average Bonchev–Trinajstić information content (AvgIpc) is 2.48. The second-order valence-corrected chi connectivity index (χ2v) is 4.46. The smallest absolute Gasteiger partial charge is 0.331 e. The standard InChI is InChI=1S/C16H17NO3/c1-17(13-8-4-3-5-9-13)15(16(18)19)12-7-6-10-14(11-12)20-2/h3-11,15H,1-2H3,(H,18,19). The third-order valence-corrected chi connectivity index (χ3v) is 3.19. The fourth-order valence-electron chi connectivity index (χ4n) is 2.16. The van der Waals surface area contributed by atoms with Gasteiger partial charge in [-0.2, -0.15) is 0 Å². The number of carboxylic acid groups (broad SMARTS) is 1. The summed E-state index contributed by atoms with van der Waals surface area (Å²) in [6.45, 7) is 0. The van der Waals surface area contributed by atoms with E-state index in [1.165, 1.54) is 0 Å². The number of carbonyl (C=O) groups is 1. The molecule has 0 bridgehead atoms. The summed E-state index contributed by atoms with van der Waals surface area (Å²) in [6.07, 6.45) is 0. The van der Waals surface area contributed by atoms with Crippen molar-refractivity contribution < 1.29 is 14.6 Å². The molecule has 1 N–H and O–H groups in total. The molecule has 0 saturated heterocycles. The van der Waals surface area contributed by atoms with Crippen molar-refractivity contribution in [3.8, 4) is 5.75 Å².